The lowest BCUT2D eigenvalue weighted by molar-refractivity contribution is 0.343. The lowest BCUT2D eigenvalue weighted by atomic mass is 10.1. The quantitative estimate of drug-likeness (QED) is 0.877. The van der Waals surface area contributed by atoms with Crippen molar-refractivity contribution in [3.05, 3.63) is 47.1 Å². The third-order valence-electron chi connectivity index (χ3n) is 3.42. The Morgan fingerprint density at radius 2 is 1.83 bits per heavy atom. The molecule has 4 heteroatoms. The van der Waals surface area contributed by atoms with Gasteiger partial charge in [0, 0.05) is 5.92 Å². The zero-order chi connectivity index (χ0) is 12.8. The lowest BCUT2D eigenvalue weighted by Crippen LogP contribution is -2.30. The van der Waals surface area contributed by atoms with E-state index in [1.165, 1.54) is 11.1 Å². The van der Waals surface area contributed by atoms with E-state index < -0.39 is 5.54 Å². The molecule has 0 fully saturated rings. The van der Waals surface area contributed by atoms with Crippen molar-refractivity contribution in [3.63, 3.8) is 0 Å². The Balaban J connectivity index is 1.85. The molecule has 0 amide bonds. The summed E-state index contributed by atoms with van der Waals surface area (Å²) in [7, 11) is 0. The molecule has 1 aromatic carbocycles. The minimum Gasteiger partial charge on any atom is -0.339 e. The summed E-state index contributed by atoms with van der Waals surface area (Å²) >= 11 is 0. The SMILES string of the molecule is CC(C)(N)c1noc(C2Cc3ccccc3C2)n1. The third kappa shape index (κ3) is 1.93. The predicted octanol–water partition coefficient (Wildman–Crippen LogP) is 2.15. The number of benzene rings is 1. The van der Waals surface area contributed by atoms with Crippen molar-refractivity contribution in [2.24, 2.45) is 5.73 Å². The fourth-order valence-electron chi connectivity index (χ4n) is 2.40. The van der Waals surface area contributed by atoms with Gasteiger partial charge < -0.3 is 10.3 Å². The van der Waals surface area contributed by atoms with E-state index in [2.05, 4.69) is 34.4 Å². The molecule has 1 heterocycles. The van der Waals surface area contributed by atoms with Crippen molar-refractivity contribution in [3.8, 4) is 0 Å². The molecule has 0 spiro atoms. The molecule has 18 heavy (non-hydrogen) atoms. The summed E-state index contributed by atoms with van der Waals surface area (Å²) in [5.74, 6) is 1.58. The van der Waals surface area contributed by atoms with E-state index in [0.29, 0.717) is 17.6 Å². The number of nitrogens with zero attached hydrogens (tertiary/aromatic N) is 2. The number of fused-ring (bicyclic) bond motifs is 1. The Bertz CT molecular complexity index is 543. The van der Waals surface area contributed by atoms with Gasteiger partial charge in [0.15, 0.2) is 5.82 Å². The summed E-state index contributed by atoms with van der Waals surface area (Å²) in [6.45, 7) is 3.76. The summed E-state index contributed by atoms with van der Waals surface area (Å²) in [5.41, 5.74) is 8.19. The molecule has 0 unspecified atom stereocenters. The Morgan fingerprint density at radius 3 is 2.33 bits per heavy atom. The Labute approximate surface area is 106 Å². The molecule has 2 aromatic rings. The molecule has 1 aliphatic rings. The van der Waals surface area contributed by atoms with E-state index in [1.807, 2.05) is 13.8 Å². The average Bonchev–Trinajstić information content (AvgIpc) is 2.94. The van der Waals surface area contributed by atoms with Crippen LogP contribution in [0.5, 0.6) is 0 Å². The maximum atomic E-state index is 5.97. The van der Waals surface area contributed by atoms with E-state index in [9.17, 15) is 0 Å². The molecule has 1 aromatic heterocycles. The second-order valence-electron chi connectivity index (χ2n) is 5.55. The number of rotatable bonds is 2. The van der Waals surface area contributed by atoms with E-state index in [-0.39, 0.29) is 0 Å². The number of hydrogen-bond acceptors (Lipinski definition) is 4. The fraction of sp³-hybridized carbons (Fsp3) is 0.429. The maximum Gasteiger partial charge on any atom is 0.230 e. The molecule has 0 saturated carbocycles. The first-order chi connectivity index (χ1) is 8.54. The zero-order valence-corrected chi connectivity index (χ0v) is 10.7. The Morgan fingerprint density at radius 1 is 1.22 bits per heavy atom. The van der Waals surface area contributed by atoms with Gasteiger partial charge in [-0.15, -0.1) is 0 Å². The highest BCUT2D eigenvalue weighted by Gasteiger charge is 2.29. The van der Waals surface area contributed by atoms with Gasteiger partial charge in [-0.05, 0) is 37.8 Å². The van der Waals surface area contributed by atoms with Crippen molar-refractivity contribution < 1.29 is 4.52 Å². The molecule has 0 radical (unpaired) electrons. The minimum atomic E-state index is -0.548. The van der Waals surface area contributed by atoms with Crippen molar-refractivity contribution in [1.82, 2.24) is 10.1 Å². The molecular weight excluding hydrogens is 226 g/mol. The van der Waals surface area contributed by atoms with Crippen LogP contribution in [0.15, 0.2) is 28.8 Å². The molecule has 1 aliphatic carbocycles. The van der Waals surface area contributed by atoms with Gasteiger partial charge in [0.05, 0.1) is 5.54 Å². The summed E-state index contributed by atoms with van der Waals surface area (Å²) in [6, 6.07) is 8.48. The van der Waals surface area contributed by atoms with Crippen LogP contribution in [-0.2, 0) is 18.4 Å². The van der Waals surface area contributed by atoms with Gasteiger partial charge in [-0.2, -0.15) is 4.98 Å². The lowest BCUT2D eigenvalue weighted by Gasteiger charge is -2.11. The van der Waals surface area contributed by atoms with Crippen molar-refractivity contribution in [2.75, 3.05) is 0 Å². The number of hydrogen-bond donors (Lipinski definition) is 1. The second-order valence-corrected chi connectivity index (χ2v) is 5.55. The van der Waals surface area contributed by atoms with Crippen LogP contribution in [0.2, 0.25) is 0 Å². The summed E-state index contributed by atoms with van der Waals surface area (Å²) in [5, 5.41) is 3.98. The Hall–Kier alpha value is -1.68. The molecule has 0 bridgehead atoms. The van der Waals surface area contributed by atoms with Crippen LogP contribution in [-0.4, -0.2) is 10.1 Å². The highest BCUT2D eigenvalue weighted by Crippen LogP contribution is 2.33. The molecule has 3 rings (SSSR count). The van der Waals surface area contributed by atoms with Crippen molar-refractivity contribution >= 4 is 0 Å². The van der Waals surface area contributed by atoms with Crippen LogP contribution in [0.4, 0.5) is 0 Å². The molecule has 2 N–H and O–H groups in total. The van der Waals surface area contributed by atoms with Gasteiger partial charge in [0.25, 0.3) is 0 Å². The van der Waals surface area contributed by atoms with Crippen LogP contribution in [0.3, 0.4) is 0 Å². The topological polar surface area (TPSA) is 64.9 Å². The summed E-state index contributed by atoms with van der Waals surface area (Å²) < 4.78 is 5.37. The van der Waals surface area contributed by atoms with Gasteiger partial charge in [0.2, 0.25) is 5.89 Å². The average molecular weight is 243 g/mol. The van der Waals surface area contributed by atoms with Crippen LogP contribution in [0, 0.1) is 0 Å². The Kier molecular flexibility index (Phi) is 2.48. The zero-order valence-electron chi connectivity index (χ0n) is 10.7. The first kappa shape index (κ1) is 11.4. The molecule has 94 valence electrons. The highest BCUT2D eigenvalue weighted by molar-refractivity contribution is 5.34. The molecule has 0 aliphatic heterocycles. The van der Waals surface area contributed by atoms with Gasteiger partial charge in [-0.1, -0.05) is 29.4 Å². The fourth-order valence-corrected chi connectivity index (χ4v) is 2.40. The number of aromatic nitrogens is 2. The van der Waals surface area contributed by atoms with Crippen molar-refractivity contribution in [1.29, 1.82) is 0 Å². The monoisotopic (exact) mass is 243 g/mol. The summed E-state index contributed by atoms with van der Waals surface area (Å²) in [6.07, 6.45) is 1.95. The van der Waals surface area contributed by atoms with Crippen LogP contribution in [0.1, 0.15) is 42.6 Å². The van der Waals surface area contributed by atoms with Gasteiger partial charge >= 0.3 is 0 Å². The molecule has 0 atom stereocenters. The van der Waals surface area contributed by atoms with E-state index in [4.69, 9.17) is 10.3 Å². The van der Waals surface area contributed by atoms with Crippen LogP contribution in [0.25, 0.3) is 0 Å². The van der Waals surface area contributed by atoms with Crippen molar-refractivity contribution in [2.45, 2.75) is 38.1 Å². The molecular formula is C14H17N3O. The van der Waals surface area contributed by atoms with Gasteiger partial charge in [0.1, 0.15) is 0 Å². The van der Waals surface area contributed by atoms with Crippen LogP contribution >= 0.6 is 0 Å². The minimum absolute atomic E-state index is 0.297. The smallest absolute Gasteiger partial charge is 0.230 e. The first-order valence-electron chi connectivity index (χ1n) is 6.24. The third-order valence-corrected chi connectivity index (χ3v) is 3.42. The van der Waals surface area contributed by atoms with Gasteiger partial charge in [-0.3, -0.25) is 0 Å². The first-order valence-corrected chi connectivity index (χ1v) is 6.24. The van der Waals surface area contributed by atoms with E-state index in [1.54, 1.807) is 0 Å². The molecule has 4 nitrogen and oxygen atoms in total. The summed E-state index contributed by atoms with van der Waals surface area (Å²) in [4.78, 5) is 4.44. The highest BCUT2D eigenvalue weighted by atomic mass is 16.5. The maximum absolute atomic E-state index is 5.97. The molecule has 0 saturated heterocycles. The van der Waals surface area contributed by atoms with Gasteiger partial charge in [-0.25, -0.2) is 0 Å². The number of nitrogens with two attached hydrogens (primary N) is 1. The van der Waals surface area contributed by atoms with E-state index in [0.717, 1.165) is 12.8 Å². The van der Waals surface area contributed by atoms with E-state index >= 15 is 0 Å². The van der Waals surface area contributed by atoms with Crippen LogP contribution < -0.4 is 5.73 Å². The normalized spacial score (nSPS) is 15.9. The second kappa shape index (κ2) is 3.92. The predicted molar refractivity (Wildman–Crippen MR) is 68.1 cm³/mol. The largest absolute Gasteiger partial charge is 0.339 e. The standard InChI is InChI=1S/C14H17N3O/c1-14(2,15)13-16-12(18-17-13)11-7-9-5-3-4-6-10(9)8-11/h3-6,11H,7-8,15H2,1-2H3.